The van der Waals surface area contributed by atoms with Crippen molar-refractivity contribution in [3.8, 4) is 0 Å². The second kappa shape index (κ2) is 10.5. The van der Waals surface area contributed by atoms with E-state index in [1.54, 1.807) is 26.4 Å². The van der Waals surface area contributed by atoms with Gasteiger partial charge in [-0.25, -0.2) is 0 Å². The Kier molecular flexibility index (Phi) is 8.82. The predicted molar refractivity (Wildman–Crippen MR) is 74.8 cm³/mol. The topological polar surface area (TPSA) is 54.0 Å². The lowest BCUT2D eigenvalue weighted by Crippen LogP contribution is -2.24. The number of methoxy groups -OCH3 is 2. The second-order valence-corrected chi connectivity index (χ2v) is 4.15. The molecule has 0 saturated heterocycles. The summed E-state index contributed by atoms with van der Waals surface area (Å²) in [5, 5.41) is 0. The van der Waals surface area contributed by atoms with Gasteiger partial charge in [-0.15, -0.1) is 0 Å². The van der Waals surface area contributed by atoms with E-state index in [9.17, 15) is 4.79 Å². The summed E-state index contributed by atoms with van der Waals surface area (Å²) in [5.41, 5.74) is 0.656. The lowest BCUT2D eigenvalue weighted by atomic mass is 10.1. The quantitative estimate of drug-likeness (QED) is 0.352. The number of rotatable bonds is 11. The van der Waals surface area contributed by atoms with E-state index in [2.05, 4.69) is 0 Å². The Morgan fingerprint density at radius 3 is 2.00 bits per heavy atom. The van der Waals surface area contributed by atoms with Crippen molar-refractivity contribution in [1.29, 1.82) is 0 Å². The SMILES string of the molecule is COCCOC(CC(=O)c1ccccc1)OCCOC. The Bertz CT molecular complexity index is 356. The van der Waals surface area contributed by atoms with Crippen molar-refractivity contribution in [2.75, 3.05) is 40.6 Å². The molecule has 0 fully saturated rings. The number of hydrogen-bond acceptors (Lipinski definition) is 5. The highest BCUT2D eigenvalue weighted by molar-refractivity contribution is 5.96. The Labute approximate surface area is 119 Å². The summed E-state index contributed by atoms with van der Waals surface area (Å²) in [6, 6.07) is 9.10. The van der Waals surface area contributed by atoms with Crippen molar-refractivity contribution in [3.63, 3.8) is 0 Å². The van der Waals surface area contributed by atoms with Gasteiger partial charge >= 0.3 is 0 Å². The summed E-state index contributed by atoms with van der Waals surface area (Å²) < 4.78 is 20.8. The summed E-state index contributed by atoms with van der Waals surface area (Å²) in [5.74, 6) is -0.00886. The molecule has 1 aromatic rings. The molecule has 20 heavy (non-hydrogen) atoms. The number of Topliss-reactive ketones (excluding diaryl/α,β-unsaturated/α-hetero) is 1. The standard InChI is InChI=1S/C15H22O5/c1-17-8-10-19-15(20-11-9-18-2)12-14(16)13-6-4-3-5-7-13/h3-7,15H,8-12H2,1-2H3. The van der Waals surface area contributed by atoms with E-state index in [1.165, 1.54) is 0 Å². The van der Waals surface area contributed by atoms with Crippen LogP contribution in [0.1, 0.15) is 16.8 Å². The van der Waals surface area contributed by atoms with Crippen LogP contribution in [0.4, 0.5) is 0 Å². The summed E-state index contributed by atoms with van der Waals surface area (Å²) in [7, 11) is 3.19. The minimum absolute atomic E-state index is 0.00886. The normalized spacial score (nSPS) is 10.9. The van der Waals surface area contributed by atoms with Crippen LogP contribution < -0.4 is 0 Å². The number of carbonyl (C=O) groups excluding carboxylic acids is 1. The first-order valence-corrected chi connectivity index (χ1v) is 6.57. The van der Waals surface area contributed by atoms with Gasteiger partial charge in [-0.05, 0) is 0 Å². The van der Waals surface area contributed by atoms with Gasteiger partial charge in [0.1, 0.15) is 0 Å². The van der Waals surface area contributed by atoms with Crippen molar-refractivity contribution in [2.24, 2.45) is 0 Å². The molecule has 0 amide bonds. The molecule has 0 radical (unpaired) electrons. The fraction of sp³-hybridized carbons (Fsp3) is 0.533. The van der Waals surface area contributed by atoms with Crippen LogP contribution in [-0.4, -0.2) is 52.7 Å². The van der Waals surface area contributed by atoms with Crippen LogP contribution in [0.5, 0.6) is 0 Å². The van der Waals surface area contributed by atoms with Crippen LogP contribution in [0, 0.1) is 0 Å². The maximum absolute atomic E-state index is 12.1. The molecule has 0 bridgehead atoms. The molecular weight excluding hydrogens is 260 g/mol. The van der Waals surface area contributed by atoms with Crippen LogP contribution in [0.25, 0.3) is 0 Å². The first-order valence-electron chi connectivity index (χ1n) is 6.57. The summed E-state index contributed by atoms with van der Waals surface area (Å²) in [6.07, 6.45) is -0.398. The molecule has 0 aliphatic carbocycles. The van der Waals surface area contributed by atoms with Gasteiger partial charge < -0.3 is 18.9 Å². The highest BCUT2D eigenvalue weighted by atomic mass is 16.7. The van der Waals surface area contributed by atoms with Crippen molar-refractivity contribution < 1.29 is 23.7 Å². The van der Waals surface area contributed by atoms with Crippen LogP contribution in [0.3, 0.4) is 0 Å². The number of ether oxygens (including phenoxy) is 4. The predicted octanol–water partition coefficient (Wildman–Crippen LogP) is 1.91. The highest BCUT2D eigenvalue weighted by Gasteiger charge is 2.16. The zero-order valence-corrected chi connectivity index (χ0v) is 12.0. The Balaban J connectivity index is 2.47. The van der Waals surface area contributed by atoms with Gasteiger partial charge in [-0.3, -0.25) is 4.79 Å². The third kappa shape index (κ3) is 6.77. The molecule has 0 aromatic heterocycles. The molecule has 0 unspecified atom stereocenters. The van der Waals surface area contributed by atoms with Crippen molar-refractivity contribution in [3.05, 3.63) is 35.9 Å². The van der Waals surface area contributed by atoms with Gasteiger partial charge in [-0.2, -0.15) is 0 Å². The van der Waals surface area contributed by atoms with Gasteiger partial charge in [0.15, 0.2) is 12.1 Å². The molecule has 5 nitrogen and oxygen atoms in total. The zero-order valence-electron chi connectivity index (χ0n) is 12.0. The van der Waals surface area contributed by atoms with E-state index < -0.39 is 6.29 Å². The van der Waals surface area contributed by atoms with Crippen molar-refractivity contribution >= 4 is 5.78 Å². The first kappa shape index (κ1) is 16.8. The fourth-order valence-electron chi connectivity index (χ4n) is 1.59. The molecule has 0 heterocycles. The minimum atomic E-state index is -0.576. The molecule has 0 saturated carbocycles. The Morgan fingerprint density at radius 2 is 1.50 bits per heavy atom. The van der Waals surface area contributed by atoms with Gasteiger partial charge in [0.2, 0.25) is 0 Å². The zero-order chi connectivity index (χ0) is 14.6. The molecule has 0 aliphatic rings. The Hall–Kier alpha value is -1.27. The van der Waals surface area contributed by atoms with E-state index in [4.69, 9.17) is 18.9 Å². The summed E-state index contributed by atoms with van der Waals surface area (Å²) >= 11 is 0. The number of ketones is 1. The lowest BCUT2D eigenvalue weighted by molar-refractivity contribution is -0.152. The van der Waals surface area contributed by atoms with E-state index in [-0.39, 0.29) is 12.2 Å². The molecule has 112 valence electrons. The van der Waals surface area contributed by atoms with Gasteiger partial charge in [-0.1, -0.05) is 30.3 Å². The largest absolute Gasteiger partial charge is 0.382 e. The molecule has 0 N–H and O–H groups in total. The van der Waals surface area contributed by atoms with E-state index in [0.717, 1.165) is 0 Å². The van der Waals surface area contributed by atoms with Crippen LogP contribution in [-0.2, 0) is 18.9 Å². The van der Waals surface area contributed by atoms with E-state index in [1.807, 2.05) is 18.2 Å². The maximum Gasteiger partial charge on any atom is 0.167 e. The number of carbonyl (C=O) groups is 1. The van der Waals surface area contributed by atoms with Gasteiger partial charge in [0, 0.05) is 19.8 Å². The average Bonchev–Trinajstić information content (AvgIpc) is 2.48. The van der Waals surface area contributed by atoms with Crippen LogP contribution in [0.2, 0.25) is 0 Å². The first-order chi connectivity index (χ1) is 9.77. The molecular formula is C15H22O5. The molecule has 5 heteroatoms. The molecule has 1 aromatic carbocycles. The smallest absolute Gasteiger partial charge is 0.167 e. The third-order valence-electron chi connectivity index (χ3n) is 2.63. The van der Waals surface area contributed by atoms with Crippen LogP contribution >= 0.6 is 0 Å². The van der Waals surface area contributed by atoms with Crippen molar-refractivity contribution in [1.82, 2.24) is 0 Å². The Morgan fingerprint density at radius 1 is 0.950 bits per heavy atom. The van der Waals surface area contributed by atoms with Crippen LogP contribution in [0.15, 0.2) is 30.3 Å². The van der Waals surface area contributed by atoms with Crippen molar-refractivity contribution in [2.45, 2.75) is 12.7 Å². The maximum atomic E-state index is 12.1. The molecule has 0 aliphatic heterocycles. The fourth-order valence-corrected chi connectivity index (χ4v) is 1.59. The highest BCUT2D eigenvalue weighted by Crippen LogP contribution is 2.09. The number of hydrogen-bond donors (Lipinski definition) is 0. The summed E-state index contributed by atoms with van der Waals surface area (Å²) in [4.78, 5) is 12.1. The molecule has 1 rings (SSSR count). The lowest BCUT2D eigenvalue weighted by Gasteiger charge is -2.17. The average molecular weight is 282 g/mol. The van der Waals surface area contributed by atoms with Gasteiger partial charge in [0.05, 0.1) is 32.8 Å². The third-order valence-corrected chi connectivity index (χ3v) is 2.63. The van der Waals surface area contributed by atoms with Gasteiger partial charge in [0.25, 0.3) is 0 Å². The van der Waals surface area contributed by atoms with E-state index >= 15 is 0 Å². The summed E-state index contributed by atoms with van der Waals surface area (Å²) in [6.45, 7) is 1.69. The monoisotopic (exact) mass is 282 g/mol. The van der Waals surface area contributed by atoms with E-state index in [0.29, 0.717) is 32.0 Å². The second-order valence-electron chi connectivity index (χ2n) is 4.15. The minimum Gasteiger partial charge on any atom is -0.382 e. The molecule has 0 spiro atoms. The number of benzene rings is 1. The molecule has 0 atom stereocenters.